The first-order chi connectivity index (χ1) is 10.8. The Bertz CT molecular complexity index is 1010. The van der Waals surface area contributed by atoms with E-state index in [-0.39, 0.29) is 0 Å². The van der Waals surface area contributed by atoms with Crippen molar-refractivity contribution < 1.29 is 0 Å². The first-order valence-electron chi connectivity index (χ1n) is 7.51. The highest BCUT2D eigenvalue weighted by molar-refractivity contribution is 5.98. The van der Waals surface area contributed by atoms with Gasteiger partial charge in [-0.1, -0.05) is 6.07 Å². The third-order valence-electron chi connectivity index (χ3n) is 4.47. The Morgan fingerprint density at radius 3 is 2.86 bits per heavy atom. The molecule has 1 saturated carbocycles. The largest absolute Gasteiger partial charge is 0.382 e. The molecule has 3 heterocycles. The van der Waals surface area contributed by atoms with E-state index in [0.717, 1.165) is 22.1 Å². The zero-order valence-electron chi connectivity index (χ0n) is 11.9. The maximum atomic E-state index is 5.93. The summed E-state index contributed by atoms with van der Waals surface area (Å²) in [5.74, 6) is 1.23. The van der Waals surface area contributed by atoms with E-state index < -0.39 is 0 Å². The van der Waals surface area contributed by atoms with Gasteiger partial charge in [0.2, 0.25) is 0 Å². The van der Waals surface area contributed by atoms with Crippen LogP contribution in [0.25, 0.3) is 33.1 Å². The van der Waals surface area contributed by atoms with Crippen LogP contribution in [0, 0.1) is 0 Å². The Morgan fingerprint density at radius 2 is 2.00 bits per heavy atom. The number of aromatic nitrogens is 4. The SMILES string of the molecule is Nc1n[nH]c2ccc(-c3ccnc4[nH]c(C5CC5)cc34)cc12. The van der Waals surface area contributed by atoms with Gasteiger partial charge in [-0.25, -0.2) is 4.98 Å². The Morgan fingerprint density at radius 1 is 1.09 bits per heavy atom. The molecule has 0 saturated heterocycles. The number of nitrogens with two attached hydrogens (primary N) is 1. The molecular formula is C17H15N5. The number of nitrogens with zero attached hydrogens (tertiary/aromatic N) is 2. The second-order valence-corrected chi connectivity index (χ2v) is 5.99. The van der Waals surface area contributed by atoms with Gasteiger partial charge in [-0.05, 0) is 54.2 Å². The highest BCUT2D eigenvalue weighted by Crippen LogP contribution is 2.41. The molecule has 22 heavy (non-hydrogen) atoms. The van der Waals surface area contributed by atoms with Crippen LogP contribution in [0.2, 0.25) is 0 Å². The fourth-order valence-electron chi connectivity index (χ4n) is 3.12. The van der Waals surface area contributed by atoms with Crippen LogP contribution in [-0.2, 0) is 0 Å². The number of hydrogen-bond donors (Lipinski definition) is 3. The maximum absolute atomic E-state index is 5.93. The van der Waals surface area contributed by atoms with Gasteiger partial charge in [-0.15, -0.1) is 0 Å². The number of fused-ring (bicyclic) bond motifs is 2. The summed E-state index contributed by atoms with van der Waals surface area (Å²) in [7, 11) is 0. The lowest BCUT2D eigenvalue weighted by molar-refractivity contribution is 1.05. The summed E-state index contributed by atoms with van der Waals surface area (Å²) >= 11 is 0. The zero-order chi connectivity index (χ0) is 14.7. The smallest absolute Gasteiger partial charge is 0.153 e. The van der Waals surface area contributed by atoms with Crippen LogP contribution < -0.4 is 5.73 Å². The number of nitrogens with one attached hydrogen (secondary N) is 2. The number of anilines is 1. The molecule has 5 heteroatoms. The molecule has 1 aromatic carbocycles. The summed E-state index contributed by atoms with van der Waals surface area (Å²) in [6, 6.07) is 10.5. The number of pyridine rings is 1. The Labute approximate surface area is 126 Å². The third-order valence-corrected chi connectivity index (χ3v) is 4.47. The number of H-pyrrole nitrogens is 2. The third kappa shape index (κ3) is 1.65. The molecule has 0 aliphatic heterocycles. The fraction of sp³-hybridized carbons (Fsp3) is 0.176. The van der Waals surface area contributed by atoms with Gasteiger partial charge < -0.3 is 10.7 Å². The van der Waals surface area contributed by atoms with Crippen molar-refractivity contribution in [3.63, 3.8) is 0 Å². The van der Waals surface area contributed by atoms with Crippen molar-refractivity contribution in [1.29, 1.82) is 0 Å². The van der Waals surface area contributed by atoms with Gasteiger partial charge in [0.1, 0.15) is 5.65 Å². The highest BCUT2D eigenvalue weighted by atomic mass is 15.1. The molecule has 1 aliphatic carbocycles. The number of aromatic amines is 2. The molecule has 4 N–H and O–H groups in total. The topological polar surface area (TPSA) is 83.4 Å². The number of hydrogen-bond acceptors (Lipinski definition) is 3. The van der Waals surface area contributed by atoms with Gasteiger partial charge in [0.25, 0.3) is 0 Å². The van der Waals surface area contributed by atoms with Gasteiger partial charge in [-0.2, -0.15) is 5.10 Å². The van der Waals surface area contributed by atoms with Crippen molar-refractivity contribution in [1.82, 2.24) is 20.2 Å². The Balaban J connectivity index is 1.74. The molecule has 0 atom stereocenters. The molecule has 0 radical (unpaired) electrons. The highest BCUT2D eigenvalue weighted by Gasteiger charge is 2.25. The van der Waals surface area contributed by atoms with Crippen LogP contribution in [0.4, 0.5) is 5.82 Å². The number of nitrogen functional groups attached to an aromatic ring is 1. The predicted molar refractivity (Wildman–Crippen MR) is 87.6 cm³/mol. The van der Waals surface area contributed by atoms with Crippen molar-refractivity contribution in [2.45, 2.75) is 18.8 Å². The lowest BCUT2D eigenvalue weighted by atomic mass is 10.0. The average Bonchev–Trinajstić information content (AvgIpc) is 3.20. The molecule has 0 bridgehead atoms. The minimum absolute atomic E-state index is 0.537. The van der Waals surface area contributed by atoms with Gasteiger partial charge in [0.05, 0.1) is 5.52 Å². The zero-order valence-corrected chi connectivity index (χ0v) is 11.9. The van der Waals surface area contributed by atoms with Gasteiger partial charge in [0, 0.05) is 22.7 Å². The van der Waals surface area contributed by atoms with E-state index in [1.165, 1.54) is 29.5 Å². The normalized spacial score (nSPS) is 14.9. The molecule has 3 aromatic heterocycles. The quantitative estimate of drug-likeness (QED) is 0.527. The van der Waals surface area contributed by atoms with Crippen LogP contribution in [0.3, 0.4) is 0 Å². The molecule has 108 valence electrons. The van der Waals surface area contributed by atoms with Gasteiger partial charge in [0.15, 0.2) is 5.82 Å². The summed E-state index contributed by atoms with van der Waals surface area (Å²) < 4.78 is 0. The summed E-state index contributed by atoms with van der Waals surface area (Å²) in [6.07, 6.45) is 4.41. The average molecular weight is 289 g/mol. The predicted octanol–water partition coefficient (Wildman–Crippen LogP) is 3.57. The van der Waals surface area contributed by atoms with Crippen LogP contribution in [-0.4, -0.2) is 20.2 Å². The lowest BCUT2D eigenvalue weighted by Crippen LogP contribution is -1.85. The minimum Gasteiger partial charge on any atom is -0.382 e. The summed E-state index contributed by atoms with van der Waals surface area (Å²) in [5.41, 5.74) is 11.5. The lowest BCUT2D eigenvalue weighted by Gasteiger charge is -2.03. The first-order valence-corrected chi connectivity index (χ1v) is 7.51. The molecule has 1 aliphatic rings. The van der Waals surface area contributed by atoms with Gasteiger partial charge in [-0.3, -0.25) is 5.10 Å². The molecule has 0 spiro atoms. The molecule has 0 unspecified atom stereocenters. The van der Waals surface area contributed by atoms with E-state index in [1.807, 2.05) is 12.3 Å². The first kappa shape index (κ1) is 11.8. The van der Waals surface area contributed by atoms with E-state index >= 15 is 0 Å². The monoisotopic (exact) mass is 289 g/mol. The molecule has 0 amide bonds. The van der Waals surface area contributed by atoms with Crippen LogP contribution in [0.15, 0.2) is 36.5 Å². The second-order valence-electron chi connectivity index (χ2n) is 5.99. The second kappa shape index (κ2) is 4.10. The summed E-state index contributed by atoms with van der Waals surface area (Å²) in [6.45, 7) is 0. The summed E-state index contributed by atoms with van der Waals surface area (Å²) in [5, 5.41) is 9.13. The standard InChI is InChI=1S/C17H15N5/c18-16-13-7-10(3-4-14(13)21-22-16)11-5-6-19-17-12(11)8-15(20-17)9-1-2-9/h3-9H,1-2H2,(H,19,20)(H3,18,21,22). The number of rotatable bonds is 2. The van der Waals surface area contributed by atoms with Crippen molar-refractivity contribution in [3.05, 3.63) is 42.2 Å². The van der Waals surface area contributed by atoms with E-state index in [9.17, 15) is 0 Å². The van der Waals surface area contributed by atoms with Gasteiger partial charge >= 0.3 is 0 Å². The van der Waals surface area contributed by atoms with Crippen LogP contribution in [0.5, 0.6) is 0 Å². The van der Waals surface area contributed by atoms with E-state index in [2.05, 4.69) is 44.4 Å². The van der Waals surface area contributed by atoms with Crippen molar-refractivity contribution in [2.24, 2.45) is 0 Å². The Kier molecular flexibility index (Phi) is 2.20. The molecule has 1 fully saturated rings. The molecule has 4 aromatic rings. The number of benzene rings is 1. The fourth-order valence-corrected chi connectivity index (χ4v) is 3.12. The van der Waals surface area contributed by atoms with Crippen molar-refractivity contribution in [3.8, 4) is 11.1 Å². The molecule has 5 nitrogen and oxygen atoms in total. The molecule has 5 rings (SSSR count). The minimum atomic E-state index is 0.537. The Hall–Kier alpha value is -2.82. The van der Waals surface area contributed by atoms with Crippen molar-refractivity contribution in [2.75, 3.05) is 5.73 Å². The van der Waals surface area contributed by atoms with E-state index in [0.29, 0.717) is 11.7 Å². The summed E-state index contributed by atoms with van der Waals surface area (Å²) in [4.78, 5) is 7.93. The van der Waals surface area contributed by atoms with E-state index in [1.54, 1.807) is 0 Å². The van der Waals surface area contributed by atoms with Crippen molar-refractivity contribution >= 4 is 27.8 Å². The van der Waals surface area contributed by atoms with Crippen LogP contribution in [0.1, 0.15) is 24.5 Å². The van der Waals surface area contributed by atoms with Crippen LogP contribution >= 0.6 is 0 Å². The van der Waals surface area contributed by atoms with E-state index in [4.69, 9.17) is 5.73 Å². The molecular weight excluding hydrogens is 274 g/mol. The maximum Gasteiger partial charge on any atom is 0.153 e.